The quantitative estimate of drug-likeness (QED) is 0.425. The lowest BCUT2D eigenvalue weighted by Gasteiger charge is -2.28. The second-order valence-corrected chi connectivity index (χ2v) is 3.72. The average molecular weight is 218 g/mol. The van der Waals surface area contributed by atoms with Gasteiger partial charge in [0.05, 0.1) is 0 Å². The molecule has 0 atom stereocenters. The third-order valence-corrected chi connectivity index (χ3v) is 2.21. The van der Waals surface area contributed by atoms with Crippen LogP contribution < -0.4 is 0 Å². The maximum Gasteiger partial charge on any atom is -0.0354 e. The third-order valence-electron chi connectivity index (χ3n) is 2.21. The second-order valence-electron chi connectivity index (χ2n) is 3.72. The summed E-state index contributed by atoms with van der Waals surface area (Å²) in [5.41, 5.74) is 0.679. The first kappa shape index (κ1) is 24.3. The van der Waals surface area contributed by atoms with Crippen molar-refractivity contribution in [2.75, 3.05) is 0 Å². The van der Waals surface area contributed by atoms with E-state index >= 15 is 0 Å². The fourth-order valence-corrected chi connectivity index (χ4v) is 1.51. The first-order valence-corrected chi connectivity index (χ1v) is 6.71. The molecule has 0 aliphatic heterocycles. The largest absolute Gasteiger partial charge is 0.0776 e. The Kier molecular flexibility index (Phi) is 31.7. The molecule has 0 radical (unpaired) electrons. The van der Waals surface area contributed by atoms with Crippen LogP contribution in [0.1, 0.15) is 94.9 Å². The molecule has 0 bridgehead atoms. The van der Waals surface area contributed by atoms with E-state index in [2.05, 4.69) is 13.8 Å². The van der Waals surface area contributed by atoms with Gasteiger partial charge in [-0.3, -0.25) is 0 Å². The van der Waals surface area contributed by atoms with Crippen molar-refractivity contribution in [1.29, 1.82) is 0 Å². The molecule has 0 aromatic heterocycles. The molecule has 0 heterocycles. The highest BCUT2D eigenvalue weighted by molar-refractivity contribution is 4.72. The Balaban J connectivity index is -0.0000000755. The lowest BCUT2D eigenvalue weighted by atomic mass is 9.78. The summed E-state index contributed by atoms with van der Waals surface area (Å²) in [6.45, 7) is 16.8. The van der Waals surface area contributed by atoms with Gasteiger partial charge in [0.15, 0.2) is 0 Å². The van der Waals surface area contributed by atoms with Crippen LogP contribution in [0.3, 0.4) is 0 Å². The Morgan fingerprint density at radius 1 is 0.600 bits per heavy atom. The summed E-state index contributed by atoms with van der Waals surface area (Å²) in [7, 11) is 0. The molecule has 1 aliphatic carbocycles. The Morgan fingerprint density at radius 3 is 1.00 bits per heavy atom. The summed E-state index contributed by atoms with van der Waals surface area (Å²) in [4.78, 5) is 0. The van der Waals surface area contributed by atoms with E-state index in [0.717, 1.165) is 0 Å². The molecule has 15 heavy (non-hydrogen) atoms. The zero-order valence-electron chi connectivity index (χ0n) is 12.0. The average Bonchev–Trinajstić information content (AvgIpc) is 2.26. The van der Waals surface area contributed by atoms with Crippen LogP contribution in [0.5, 0.6) is 0 Å². The highest BCUT2D eigenvalue weighted by Crippen LogP contribution is 2.34. The van der Waals surface area contributed by atoms with Gasteiger partial charge >= 0.3 is 0 Å². The van der Waals surface area contributed by atoms with E-state index in [1.165, 1.54) is 32.1 Å². The smallest absolute Gasteiger partial charge is 0.0354 e. The van der Waals surface area contributed by atoms with Crippen molar-refractivity contribution in [3.05, 3.63) is 0 Å². The molecule has 0 amide bonds. The van der Waals surface area contributed by atoms with Gasteiger partial charge in [0.2, 0.25) is 0 Å². The van der Waals surface area contributed by atoms with E-state index < -0.39 is 0 Å². The maximum absolute atomic E-state index is 2.38. The zero-order valence-corrected chi connectivity index (χ0v) is 12.0. The third kappa shape index (κ3) is 20.2. The Morgan fingerprint density at radius 2 is 0.867 bits per heavy atom. The van der Waals surface area contributed by atoms with Gasteiger partial charge in [-0.25, -0.2) is 0 Å². The predicted molar refractivity (Wildman–Crippen MR) is 77.6 cm³/mol. The van der Waals surface area contributed by atoms with E-state index in [0.29, 0.717) is 5.41 Å². The molecular weight excluding hydrogens is 180 g/mol. The van der Waals surface area contributed by atoms with Gasteiger partial charge in [-0.2, -0.15) is 0 Å². The normalized spacial score (nSPS) is 16.0. The van der Waals surface area contributed by atoms with Crippen molar-refractivity contribution >= 4 is 0 Å². The second kappa shape index (κ2) is 19.6. The van der Waals surface area contributed by atoms with Crippen LogP contribution in [0.2, 0.25) is 0 Å². The monoisotopic (exact) mass is 218 g/mol. The fraction of sp³-hybridized carbons (Fsp3) is 1.00. The van der Waals surface area contributed by atoms with Gasteiger partial charge in [-0.05, 0) is 18.3 Å². The summed E-state index contributed by atoms with van der Waals surface area (Å²) in [6.07, 6.45) is 7.31. The van der Waals surface area contributed by atoms with E-state index in [-0.39, 0.29) is 7.43 Å². The molecule has 0 saturated heterocycles. The van der Waals surface area contributed by atoms with Crippen molar-refractivity contribution in [2.45, 2.75) is 94.9 Å². The van der Waals surface area contributed by atoms with E-state index in [4.69, 9.17) is 0 Å². The van der Waals surface area contributed by atoms with Crippen LogP contribution >= 0.6 is 0 Å². The van der Waals surface area contributed by atoms with E-state index in [9.17, 15) is 0 Å². The van der Waals surface area contributed by atoms with Crippen LogP contribution in [-0.4, -0.2) is 0 Å². The molecule has 0 spiro atoms. The minimum absolute atomic E-state index is 0. The first-order chi connectivity index (χ1) is 6.71. The van der Waals surface area contributed by atoms with Crippen molar-refractivity contribution in [2.24, 2.45) is 5.41 Å². The van der Waals surface area contributed by atoms with Gasteiger partial charge in [0.25, 0.3) is 0 Å². The minimum Gasteiger partial charge on any atom is -0.0776 e. The summed E-state index contributed by atoms with van der Waals surface area (Å²) in [5, 5.41) is 0. The summed E-state index contributed by atoms with van der Waals surface area (Å²) in [5.74, 6) is 0. The molecule has 0 nitrogen and oxygen atoms in total. The van der Waals surface area contributed by atoms with Gasteiger partial charge in [-0.1, -0.05) is 82.1 Å². The van der Waals surface area contributed by atoms with Crippen LogP contribution in [0.15, 0.2) is 0 Å². The highest BCUT2D eigenvalue weighted by Gasteiger charge is 2.19. The topological polar surface area (TPSA) is 0 Å². The van der Waals surface area contributed by atoms with Gasteiger partial charge < -0.3 is 0 Å². The summed E-state index contributed by atoms with van der Waals surface area (Å²) < 4.78 is 0. The van der Waals surface area contributed by atoms with E-state index in [1.807, 2.05) is 41.5 Å². The number of hydrogen-bond acceptors (Lipinski definition) is 0. The molecule has 98 valence electrons. The number of hydrogen-bond donors (Lipinski definition) is 0. The molecule has 0 unspecified atom stereocenters. The summed E-state index contributed by atoms with van der Waals surface area (Å²) in [6, 6.07) is 0. The van der Waals surface area contributed by atoms with Crippen molar-refractivity contribution in [3.8, 4) is 0 Å². The standard InChI is InChI=1S/C8H16.3C2H6.CH4/c1-8(2)6-4-3-5-7-8;3*1-2;/h3-7H2,1-2H3;3*1-2H3;1H4. The van der Waals surface area contributed by atoms with Crippen LogP contribution in [-0.2, 0) is 0 Å². The molecule has 1 aliphatic rings. The molecule has 1 rings (SSSR count). The molecule has 0 N–H and O–H groups in total. The molecule has 0 aromatic carbocycles. The van der Waals surface area contributed by atoms with Crippen LogP contribution in [0.4, 0.5) is 0 Å². The fourth-order valence-electron chi connectivity index (χ4n) is 1.51. The Hall–Kier alpha value is 0. The SMILES string of the molecule is C.CC.CC.CC.CC1(C)CCCCC1. The summed E-state index contributed by atoms with van der Waals surface area (Å²) >= 11 is 0. The minimum atomic E-state index is 0. The Labute approximate surface area is 101 Å². The van der Waals surface area contributed by atoms with E-state index in [1.54, 1.807) is 0 Å². The first-order valence-electron chi connectivity index (χ1n) is 6.71. The van der Waals surface area contributed by atoms with Crippen LogP contribution in [0, 0.1) is 5.41 Å². The van der Waals surface area contributed by atoms with Crippen LogP contribution in [0.25, 0.3) is 0 Å². The van der Waals surface area contributed by atoms with Gasteiger partial charge in [0, 0.05) is 0 Å². The molecule has 0 heteroatoms. The van der Waals surface area contributed by atoms with Crippen molar-refractivity contribution in [1.82, 2.24) is 0 Å². The highest BCUT2D eigenvalue weighted by atomic mass is 14.3. The molecular formula is C15H38. The van der Waals surface area contributed by atoms with Crippen molar-refractivity contribution < 1.29 is 0 Å². The van der Waals surface area contributed by atoms with Crippen molar-refractivity contribution in [3.63, 3.8) is 0 Å². The molecule has 1 fully saturated rings. The predicted octanol–water partition coefficient (Wildman–Crippen LogP) is 6.69. The number of rotatable bonds is 0. The van der Waals surface area contributed by atoms with Gasteiger partial charge in [-0.15, -0.1) is 0 Å². The maximum atomic E-state index is 2.38. The van der Waals surface area contributed by atoms with Gasteiger partial charge in [0.1, 0.15) is 0 Å². The molecule has 0 aromatic rings. The molecule has 1 saturated carbocycles. The lowest BCUT2D eigenvalue weighted by Crippen LogP contribution is -2.14. The Bertz CT molecular complexity index is 64.1. The lowest BCUT2D eigenvalue weighted by molar-refractivity contribution is 0.244. The zero-order chi connectivity index (χ0) is 12.0.